The molecule has 142 valence electrons. The minimum absolute atomic E-state index is 0.0764. The Balaban J connectivity index is 1.62. The highest BCUT2D eigenvalue weighted by Gasteiger charge is 2.30. The summed E-state index contributed by atoms with van der Waals surface area (Å²) >= 11 is 0. The molecule has 1 unspecified atom stereocenters. The summed E-state index contributed by atoms with van der Waals surface area (Å²) in [4.78, 5) is 14.9. The van der Waals surface area contributed by atoms with Crippen LogP contribution in [0, 0.1) is 0 Å². The second-order valence-electron chi connectivity index (χ2n) is 6.78. The lowest BCUT2D eigenvalue weighted by molar-refractivity contribution is 0.0713. The molecule has 1 aromatic heterocycles. The van der Waals surface area contributed by atoms with Crippen LogP contribution in [-0.4, -0.2) is 35.6 Å². The quantitative estimate of drug-likeness (QED) is 0.668. The molecule has 0 saturated carbocycles. The Morgan fingerprint density at radius 1 is 0.964 bits per heavy atom. The third-order valence-electron chi connectivity index (χ3n) is 4.78. The van der Waals surface area contributed by atoms with Crippen molar-refractivity contribution in [1.29, 1.82) is 0 Å². The van der Waals surface area contributed by atoms with E-state index in [1.54, 1.807) is 23.1 Å². The Labute approximate surface area is 164 Å². The molecule has 0 spiro atoms. The van der Waals surface area contributed by atoms with Crippen molar-refractivity contribution in [2.45, 2.75) is 12.6 Å². The average molecular weight is 392 g/mol. The van der Waals surface area contributed by atoms with Crippen molar-refractivity contribution in [3.8, 4) is 5.69 Å². The lowest BCUT2D eigenvalue weighted by atomic mass is 10.1. The molecule has 0 radical (unpaired) electrons. The molecule has 28 heavy (non-hydrogen) atoms. The molecule has 2 heterocycles. The van der Waals surface area contributed by atoms with Gasteiger partial charge in [0.25, 0.3) is 5.91 Å². The standard InChI is InChI=1S/C22H20N2O3S/c25-22(19-8-10-20(11-9-19)23-13-4-5-14-23)24(16-18-6-2-1-3-7-18)21-12-15-28(26,27)17-21/h1-15,21H,16-17H2. The van der Waals surface area contributed by atoms with Gasteiger partial charge in [-0.1, -0.05) is 30.3 Å². The molecule has 2 aromatic carbocycles. The normalized spacial score (nSPS) is 17.5. The van der Waals surface area contributed by atoms with E-state index in [1.807, 2.05) is 71.6 Å². The smallest absolute Gasteiger partial charge is 0.254 e. The van der Waals surface area contributed by atoms with Crippen LogP contribution in [0.15, 0.2) is 90.6 Å². The maximum Gasteiger partial charge on any atom is 0.254 e. The van der Waals surface area contributed by atoms with Crippen LogP contribution >= 0.6 is 0 Å². The van der Waals surface area contributed by atoms with Crippen molar-refractivity contribution in [3.63, 3.8) is 0 Å². The van der Waals surface area contributed by atoms with Gasteiger partial charge in [-0.3, -0.25) is 4.79 Å². The molecule has 1 amide bonds. The molecule has 4 rings (SSSR count). The molecule has 1 aliphatic heterocycles. The third kappa shape index (κ3) is 3.92. The number of rotatable bonds is 5. The van der Waals surface area contributed by atoms with Crippen LogP contribution in [0.1, 0.15) is 15.9 Å². The van der Waals surface area contributed by atoms with Crippen molar-refractivity contribution in [3.05, 3.63) is 102 Å². The zero-order valence-electron chi connectivity index (χ0n) is 15.2. The molecule has 0 aliphatic carbocycles. The van der Waals surface area contributed by atoms with E-state index in [0.29, 0.717) is 12.1 Å². The minimum atomic E-state index is -3.26. The Kier molecular flexibility index (Phi) is 4.88. The largest absolute Gasteiger partial charge is 0.327 e. The summed E-state index contributed by atoms with van der Waals surface area (Å²) in [7, 11) is -3.26. The minimum Gasteiger partial charge on any atom is -0.327 e. The van der Waals surface area contributed by atoms with E-state index in [0.717, 1.165) is 11.3 Å². The summed E-state index contributed by atoms with van der Waals surface area (Å²) in [6, 6.07) is 20.3. The first-order chi connectivity index (χ1) is 13.5. The number of hydrogen-bond acceptors (Lipinski definition) is 3. The fourth-order valence-corrected chi connectivity index (χ4v) is 4.62. The zero-order valence-corrected chi connectivity index (χ0v) is 16.0. The molecule has 0 bridgehead atoms. The Bertz CT molecular complexity index is 1090. The fourth-order valence-electron chi connectivity index (χ4n) is 3.32. The van der Waals surface area contributed by atoms with Crippen molar-refractivity contribution < 1.29 is 13.2 Å². The molecule has 1 atom stereocenters. The van der Waals surface area contributed by atoms with Gasteiger partial charge in [-0.05, 0) is 48.0 Å². The number of nitrogens with zero attached hydrogens (tertiary/aromatic N) is 2. The summed E-state index contributed by atoms with van der Waals surface area (Å²) in [5.41, 5.74) is 2.45. The Morgan fingerprint density at radius 2 is 1.64 bits per heavy atom. The van der Waals surface area contributed by atoms with E-state index in [-0.39, 0.29) is 11.7 Å². The third-order valence-corrected chi connectivity index (χ3v) is 6.16. The summed E-state index contributed by atoms with van der Waals surface area (Å²) in [5, 5.41) is 1.21. The van der Waals surface area contributed by atoms with E-state index in [1.165, 1.54) is 5.41 Å². The summed E-state index contributed by atoms with van der Waals surface area (Å²) in [5.74, 6) is -0.262. The van der Waals surface area contributed by atoms with Gasteiger partial charge in [0.1, 0.15) is 0 Å². The molecule has 0 fully saturated rings. The van der Waals surface area contributed by atoms with Crippen LogP contribution in [0.5, 0.6) is 0 Å². The van der Waals surface area contributed by atoms with Gasteiger partial charge in [-0.15, -0.1) is 0 Å². The monoisotopic (exact) mass is 392 g/mol. The first-order valence-electron chi connectivity index (χ1n) is 9.01. The van der Waals surface area contributed by atoms with Crippen molar-refractivity contribution in [2.24, 2.45) is 0 Å². The molecule has 1 aliphatic rings. The highest BCUT2D eigenvalue weighted by Crippen LogP contribution is 2.21. The van der Waals surface area contributed by atoms with Gasteiger partial charge in [0.2, 0.25) is 0 Å². The zero-order chi connectivity index (χ0) is 19.6. The molecule has 6 heteroatoms. The summed E-state index contributed by atoms with van der Waals surface area (Å²) in [6.45, 7) is 0.351. The highest BCUT2D eigenvalue weighted by molar-refractivity contribution is 7.94. The van der Waals surface area contributed by atoms with E-state index in [4.69, 9.17) is 0 Å². The number of hydrogen-bond donors (Lipinski definition) is 0. The lowest BCUT2D eigenvalue weighted by Crippen LogP contribution is -2.40. The first-order valence-corrected chi connectivity index (χ1v) is 10.7. The van der Waals surface area contributed by atoms with Gasteiger partial charge in [0.05, 0.1) is 11.8 Å². The van der Waals surface area contributed by atoms with Crippen LogP contribution in [0.25, 0.3) is 5.69 Å². The Hall–Kier alpha value is -3.12. The molecule has 5 nitrogen and oxygen atoms in total. The van der Waals surface area contributed by atoms with Gasteiger partial charge < -0.3 is 9.47 Å². The van der Waals surface area contributed by atoms with E-state index >= 15 is 0 Å². The van der Waals surface area contributed by atoms with Gasteiger partial charge in [0, 0.05) is 35.6 Å². The van der Waals surface area contributed by atoms with E-state index < -0.39 is 15.9 Å². The van der Waals surface area contributed by atoms with Crippen LogP contribution in [-0.2, 0) is 16.4 Å². The number of carbonyl (C=O) groups excluding carboxylic acids is 1. The number of benzene rings is 2. The summed E-state index contributed by atoms with van der Waals surface area (Å²) in [6.07, 6.45) is 5.48. The number of aromatic nitrogens is 1. The van der Waals surface area contributed by atoms with Crippen LogP contribution in [0.2, 0.25) is 0 Å². The molecular formula is C22H20N2O3S. The maximum absolute atomic E-state index is 13.2. The summed E-state index contributed by atoms with van der Waals surface area (Å²) < 4.78 is 25.8. The Morgan fingerprint density at radius 3 is 2.25 bits per heavy atom. The first kappa shape index (κ1) is 18.3. The maximum atomic E-state index is 13.2. The van der Waals surface area contributed by atoms with E-state index in [9.17, 15) is 13.2 Å². The predicted molar refractivity (Wildman–Crippen MR) is 109 cm³/mol. The fraction of sp³-hybridized carbons (Fsp3) is 0.136. The molecular weight excluding hydrogens is 372 g/mol. The number of amides is 1. The second-order valence-corrected chi connectivity index (χ2v) is 8.71. The van der Waals surface area contributed by atoms with Crippen LogP contribution in [0.3, 0.4) is 0 Å². The van der Waals surface area contributed by atoms with Crippen molar-refractivity contribution in [2.75, 3.05) is 5.75 Å². The van der Waals surface area contributed by atoms with Gasteiger partial charge in [-0.25, -0.2) is 8.42 Å². The van der Waals surface area contributed by atoms with Crippen molar-refractivity contribution in [1.82, 2.24) is 9.47 Å². The van der Waals surface area contributed by atoms with Crippen LogP contribution in [0.4, 0.5) is 0 Å². The topological polar surface area (TPSA) is 59.4 Å². The van der Waals surface area contributed by atoms with Crippen LogP contribution < -0.4 is 0 Å². The lowest BCUT2D eigenvalue weighted by Gasteiger charge is -2.28. The SMILES string of the molecule is O=C(c1ccc(-n2cccc2)cc1)N(Cc1ccccc1)C1C=CS(=O)(=O)C1. The molecule has 0 N–H and O–H groups in total. The number of sulfone groups is 1. The van der Waals surface area contributed by atoms with Gasteiger partial charge >= 0.3 is 0 Å². The second kappa shape index (κ2) is 7.48. The van der Waals surface area contributed by atoms with Gasteiger partial charge in [0.15, 0.2) is 9.84 Å². The highest BCUT2D eigenvalue weighted by atomic mass is 32.2. The molecule has 0 saturated heterocycles. The molecule has 3 aromatic rings. The van der Waals surface area contributed by atoms with Gasteiger partial charge in [-0.2, -0.15) is 0 Å². The average Bonchev–Trinajstić information content (AvgIpc) is 3.36. The van der Waals surface area contributed by atoms with E-state index in [2.05, 4.69) is 0 Å². The number of carbonyl (C=O) groups is 1. The predicted octanol–water partition coefficient (Wildman–Crippen LogP) is 3.43. The van der Waals surface area contributed by atoms with Crippen molar-refractivity contribution >= 4 is 15.7 Å².